The van der Waals surface area contributed by atoms with Gasteiger partial charge >= 0.3 is 0 Å². The Morgan fingerprint density at radius 3 is 2.67 bits per heavy atom. The molecular weight excluding hydrogens is 293 g/mol. The third-order valence-electron chi connectivity index (χ3n) is 2.94. The second-order valence-electron chi connectivity index (χ2n) is 4.56. The Morgan fingerprint density at radius 2 is 2.00 bits per heavy atom. The zero-order valence-corrected chi connectivity index (χ0v) is 12.2. The fourth-order valence-electron chi connectivity index (χ4n) is 1.82. The number of benzene rings is 2. The second-order valence-corrected chi connectivity index (χ2v) is 4.97. The monoisotopic (exact) mass is 307 g/mol. The van der Waals surface area contributed by atoms with E-state index in [4.69, 9.17) is 16.3 Å². The summed E-state index contributed by atoms with van der Waals surface area (Å²) in [6, 6.07) is 13.5. The van der Waals surface area contributed by atoms with Gasteiger partial charge in [-0.3, -0.25) is 4.79 Å². The Labute approximate surface area is 127 Å². The largest absolute Gasteiger partial charge is 0.484 e. The average molecular weight is 308 g/mol. The highest BCUT2D eigenvalue weighted by Gasteiger charge is 2.10. The van der Waals surface area contributed by atoms with Crippen LogP contribution in [0.15, 0.2) is 48.5 Å². The number of nitrogens with one attached hydrogen (secondary N) is 1. The molecule has 1 N–H and O–H groups in total. The summed E-state index contributed by atoms with van der Waals surface area (Å²) in [4.78, 5) is 11.8. The minimum atomic E-state index is -0.522. The van der Waals surface area contributed by atoms with Crippen LogP contribution in [0.3, 0.4) is 0 Å². The highest BCUT2D eigenvalue weighted by Crippen LogP contribution is 2.21. The van der Waals surface area contributed by atoms with Gasteiger partial charge in [0.1, 0.15) is 11.6 Å². The molecule has 0 fully saturated rings. The number of halogens is 2. The topological polar surface area (TPSA) is 38.3 Å². The molecule has 0 heterocycles. The molecule has 110 valence electrons. The van der Waals surface area contributed by atoms with Gasteiger partial charge in [0.15, 0.2) is 6.61 Å². The summed E-state index contributed by atoms with van der Waals surface area (Å²) < 4.78 is 18.3. The Hall–Kier alpha value is -2.07. The molecule has 0 radical (unpaired) electrons. The van der Waals surface area contributed by atoms with Crippen LogP contribution in [0.25, 0.3) is 0 Å². The molecule has 2 aromatic carbocycles. The summed E-state index contributed by atoms with van der Waals surface area (Å²) in [5.41, 5.74) is 1.01. The predicted molar refractivity (Wildman–Crippen MR) is 79.9 cm³/mol. The van der Waals surface area contributed by atoms with E-state index in [2.05, 4.69) is 5.32 Å². The molecule has 0 spiro atoms. The van der Waals surface area contributed by atoms with Gasteiger partial charge in [-0.1, -0.05) is 41.9 Å². The van der Waals surface area contributed by atoms with E-state index in [-0.39, 0.29) is 23.6 Å². The third kappa shape index (κ3) is 4.46. The van der Waals surface area contributed by atoms with Gasteiger partial charge in [-0.05, 0) is 24.6 Å². The number of carbonyl (C=O) groups excluding carboxylic acids is 1. The summed E-state index contributed by atoms with van der Waals surface area (Å²) in [5.74, 6) is -0.429. The van der Waals surface area contributed by atoms with E-state index in [1.165, 1.54) is 18.2 Å². The lowest BCUT2D eigenvalue weighted by atomic mass is 10.1. The zero-order valence-electron chi connectivity index (χ0n) is 11.5. The highest BCUT2D eigenvalue weighted by molar-refractivity contribution is 6.30. The van der Waals surface area contributed by atoms with Gasteiger partial charge in [-0.25, -0.2) is 4.39 Å². The molecule has 0 aliphatic heterocycles. The molecular formula is C16H15ClFNO2. The highest BCUT2D eigenvalue weighted by atomic mass is 35.5. The first-order valence-corrected chi connectivity index (χ1v) is 6.86. The summed E-state index contributed by atoms with van der Waals surface area (Å²) >= 11 is 5.64. The normalized spacial score (nSPS) is 11.8. The van der Waals surface area contributed by atoms with Crippen molar-refractivity contribution in [1.82, 2.24) is 5.32 Å². The van der Waals surface area contributed by atoms with Crippen molar-refractivity contribution < 1.29 is 13.9 Å². The minimum absolute atomic E-state index is 0.0365. The van der Waals surface area contributed by atoms with Crippen LogP contribution >= 0.6 is 11.6 Å². The maximum atomic E-state index is 13.0. The zero-order chi connectivity index (χ0) is 15.2. The molecule has 0 aliphatic rings. The van der Waals surface area contributed by atoms with Crippen LogP contribution < -0.4 is 10.1 Å². The predicted octanol–water partition coefficient (Wildman–Crippen LogP) is 3.74. The van der Waals surface area contributed by atoms with Crippen LogP contribution in [0.5, 0.6) is 5.75 Å². The molecule has 0 aliphatic carbocycles. The molecule has 1 amide bonds. The van der Waals surface area contributed by atoms with Gasteiger partial charge in [0, 0.05) is 6.07 Å². The number of rotatable bonds is 5. The fraction of sp³-hybridized carbons (Fsp3) is 0.188. The van der Waals surface area contributed by atoms with Crippen LogP contribution in [0, 0.1) is 5.82 Å². The summed E-state index contributed by atoms with van der Waals surface area (Å²) in [7, 11) is 0. The molecule has 0 saturated heterocycles. The van der Waals surface area contributed by atoms with Gasteiger partial charge in [0.25, 0.3) is 5.91 Å². The second kappa shape index (κ2) is 7.09. The maximum absolute atomic E-state index is 13.0. The minimum Gasteiger partial charge on any atom is -0.484 e. The molecule has 2 rings (SSSR count). The summed E-state index contributed by atoms with van der Waals surface area (Å²) in [6.07, 6.45) is 0. The SMILES string of the molecule is C[C@H](NC(=O)COc1ccc(F)c(Cl)c1)c1ccccc1. The molecule has 21 heavy (non-hydrogen) atoms. The van der Waals surface area contributed by atoms with Crippen molar-refractivity contribution in [2.24, 2.45) is 0 Å². The molecule has 1 atom stereocenters. The average Bonchev–Trinajstić information content (AvgIpc) is 2.49. The fourth-order valence-corrected chi connectivity index (χ4v) is 1.99. The van der Waals surface area contributed by atoms with E-state index in [9.17, 15) is 9.18 Å². The van der Waals surface area contributed by atoms with Crippen molar-refractivity contribution in [2.75, 3.05) is 6.61 Å². The Balaban J connectivity index is 1.86. The Morgan fingerprint density at radius 1 is 1.29 bits per heavy atom. The molecule has 3 nitrogen and oxygen atoms in total. The van der Waals surface area contributed by atoms with Crippen molar-refractivity contribution >= 4 is 17.5 Å². The van der Waals surface area contributed by atoms with Gasteiger partial charge < -0.3 is 10.1 Å². The third-order valence-corrected chi connectivity index (χ3v) is 3.23. The number of ether oxygens (including phenoxy) is 1. The first-order chi connectivity index (χ1) is 10.1. The lowest BCUT2D eigenvalue weighted by Gasteiger charge is -2.14. The number of amides is 1. The van der Waals surface area contributed by atoms with E-state index < -0.39 is 5.82 Å². The Bertz CT molecular complexity index is 619. The number of carbonyl (C=O) groups is 1. The van der Waals surface area contributed by atoms with Crippen molar-refractivity contribution in [1.29, 1.82) is 0 Å². The van der Waals surface area contributed by atoms with Crippen molar-refractivity contribution in [2.45, 2.75) is 13.0 Å². The molecule has 0 bridgehead atoms. The quantitative estimate of drug-likeness (QED) is 0.914. The molecule has 5 heteroatoms. The van der Waals surface area contributed by atoms with Crippen LogP contribution in [0.1, 0.15) is 18.5 Å². The summed E-state index contributed by atoms with van der Waals surface area (Å²) in [5, 5.41) is 2.78. The van der Waals surface area contributed by atoms with Crippen LogP contribution in [-0.2, 0) is 4.79 Å². The van der Waals surface area contributed by atoms with Crippen molar-refractivity contribution in [3.8, 4) is 5.75 Å². The molecule has 0 aromatic heterocycles. The van der Waals surface area contributed by atoms with Gasteiger partial charge in [0.05, 0.1) is 11.1 Å². The van der Waals surface area contributed by atoms with Gasteiger partial charge in [0.2, 0.25) is 0 Å². The molecule has 0 saturated carbocycles. The van der Waals surface area contributed by atoms with Gasteiger partial charge in [-0.2, -0.15) is 0 Å². The molecule has 2 aromatic rings. The van der Waals surface area contributed by atoms with Crippen LogP contribution in [0.2, 0.25) is 5.02 Å². The van der Waals surface area contributed by atoms with Crippen LogP contribution in [0.4, 0.5) is 4.39 Å². The summed E-state index contributed by atoms with van der Waals surface area (Å²) in [6.45, 7) is 1.74. The van der Waals surface area contributed by atoms with Crippen LogP contribution in [-0.4, -0.2) is 12.5 Å². The van der Waals surface area contributed by atoms with E-state index in [0.717, 1.165) is 5.56 Å². The first kappa shape index (κ1) is 15.3. The van der Waals surface area contributed by atoms with Gasteiger partial charge in [-0.15, -0.1) is 0 Å². The number of hydrogen-bond donors (Lipinski definition) is 1. The lowest BCUT2D eigenvalue weighted by molar-refractivity contribution is -0.123. The first-order valence-electron chi connectivity index (χ1n) is 6.48. The number of hydrogen-bond acceptors (Lipinski definition) is 2. The maximum Gasteiger partial charge on any atom is 0.258 e. The van der Waals surface area contributed by atoms with E-state index in [0.29, 0.717) is 5.75 Å². The smallest absolute Gasteiger partial charge is 0.258 e. The lowest BCUT2D eigenvalue weighted by Crippen LogP contribution is -2.31. The van der Waals surface area contributed by atoms with Crippen molar-refractivity contribution in [3.63, 3.8) is 0 Å². The Kier molecular flexibility index (Phi) is 5.17. The van der Waals surface area contributed by atoms with E-state index in [1.54, 1.807) is 0 Å². The standard InChI is InChI=1S/C16H15ClFNO2/c1-11(12-5-3-2-4-6-12)19-16(20)10-21-13-7-8-15(18)14(17)9-13/h2-9,11H,10H2,1H3,(H,19,20)/t11-/m0/s1. The molecule has 0 unspecified atom stereocenters. The van der Waals surface area contributed by atoms with E-state index in [1.807, 2.05) is 37.3 Å². The van der Waals surface area contributed by atoms with E-state index >= 15 is 0 Å². The van der Waals surface area contributed by atoms with Crippen molar-refractivity contribution in [3.05, 3.63) is 64.9 Å².